The van der Waals surface area contributed by atoms with E-state index >= 15 is 0 Å². The largest absolute Gasteiger partial charge is 0.381 e. The quantitative estimate of drug-likeness (QED) is 0.597. The van der Waals surface area contributed by atoms with Crippen molar-refractivity contribution in [2.45, 2.75) is 25.8 Å². The number of rotatable bonds is 6. The molecule has 1 aromatic heterocycles. The third-order valence-electron chi connectivity index (χ3n) is 5.04. The number of benzene rings is 1. The maximum atomic E-state index is 12.6. The van der Waals surface area contributed by atoms with Gasteiger partial charge in [-0.15, -0.1) is 12.4 Å². The first-order valence-electron chi connectivity index (χ1n) is 8.70. The summed E-state index contributed by atoms with van der Waals surface area (Å²) in [6.45, 7) is 3.93. The van der Waals surface area contributed by atoms with Crippen LogP contribution < -0.4 is 5.73 Å². The highest BCUT2D eigenvalue weighted by Gasteiger charge is 2.35. The topological polar surface area (TPSA) is 107 Å². The lowest BCUT2D eigenvalue weighted by Crippen LogP contribution is -2.30. The Hall–Kier alpha value is -2.45. The van der Waals surface area contributed by atoms with E-state index in [1.54, 1.807) is 11.5 Å². The first-order valence-corrected chi connectivity index (χ1v) is 8.70. The molecule has 3 rings (SSSR count). The van der Waals surface area contributed by atoms with Crippen molar-refractivity contribution in [3.05, 3.63) is 58.0 Å². The van der Waals surface area contributed by atoms with Crippen molar-refractivity contribution < 1.29 is 9.72 Å². The molecule has 0 saturated carbocycles. The molecular formula is C18H24ClN5O3. The van der Waals surface area contributed by atoms with Crippen molar-refractivity contribution in [3.8, 4) is 0 Å². The van der Waals surface area contributed by atoms with Crippen LogP contribution in [-0.2, 0) is 11.3 Å². The maximum Gasteiger partial charge on any atom is 0.381 e. The smallest absolute Gasteiger partial charge is 0.358 e. The van der Waals surface area contributed by atoms with Crippen molar-refractivity contribution in [1.29, 1.82) is 0 Å². The fourth-order valence-corrected chi connectivity index (χ4v) is 3.57. The number of halogens is 1. The molecule has 1 saturated heterocycles. The van der Waals surface area contributed by atoms with E-state index < -0.39 is 4.92 Å². The molecule has 9 heteroatoms. The van der Waals surface area contributed by atoms with Gasteiger partial charge in [0.25, 0.3) is 0 Å². The zero-order valence-electron chi connectivity index (χ0n) is 15.2. The SMILES string of the molecule is Cc1nc([N+](=O)[O-])cn1CCC(=O)N1C[C@@H](CN)[C@H](c2ccccc2)C1.Cl. The number of nitrogens with zero attached hydrogens (tertiary/aromatic N) is 4. The van der Waals surface area contributed by atoms with Crippen LogP contribution in [0.2, 0.25) is 0 Å². The van der Waals surface area contributed by atoms with Crippen molar-refractivity contribution in [2.75, 3.05) is 19.6 Å². The highest BCUT2D eigenvalue weighted by Crippen LogP contribution is 2.32. The summed E-state index contributed by atoms with van der Waals surface area (Å²) in [6.07, 6.45) is 1.66. The normalized spacial score (nSPS) is 19.0. The zero-order chi connectivity index (χ0) is 18.7. The average Bonchev–Trinajstić information content (AvgIpc) is 3.24. The molecule has 1 aliphatic rings. The van der Waals surface area contributed by atoms with E-state index in [-0.39, 0.29) is 42.4 Å². The molecule has 0 radical (unpaired) electrons. The highest BCUT2D eigenvalue weighted by atomic mass is 35.5. The maximum absolute atomic E-state index is 12.6. The Kier molecular flexibility index (Phi) is 6.92. The van der Waals surface area contributed by atoms with E-state index in [1.165, 1.54) is 11.8 Å². The van der Waals surface area contributed by atoms with E-state index in [0.29, 0.717) is 32.0 Å². The molecule has 0 spiro atoms. The van der Waals surface area contributed by atoms with Gasteiger partial charge in [0.15, 0.2) is 0 Å². The number of carbonyl (C=O) groups excluding carboxylic acids is 1. The van der Waals surface area contributed by atoms with Crippen LogP contribution in [0.25, 0.3) is 0 Å². The third-order valence-corrected chi connectivity index (χ3v) is 5.04. The van der Waals surface area contributed by atoms with Crippen molar-refractivity contribution in [1.82, 2.24) is 14.5 Å². The predicted molar refractivity (Wildman–Crippen MR) is 104 cm³/mol. The molecule has 0 bridgehead atoms. The lowest BCUT2D eigenvalue weighted by molar-refractivity contribution is -0.389. The molecule has 1 amide bonds. The fourth-order valence-electron chi connectivity index (χ4n) is 3.57. The van der Waals surface area contributed by atoms with Crippen LogP contribution in [0.15, 0.2) is 36.5 Å². The summed E-state index contributed by atoms with van der Waals surface area (Å²) in [7, 11) is 0. The first-order chi connectivity index (χ1) is 12.5. The third kappa shape index (κ3) is 4.64. The van der Waals surface area contributed by atoms with Gasteiger partial charge >= 0.3 is 5.82 Å². The number of carbonyl (C=O) groups is 1. The van der Waals surface area contributed by atoms with E-state index in [1.807, 2.05) is 23.1 Å². The summed E-state index contributed by atoms with van der Waals surface area (Å²) >= 11 is 0. The predicted octanol–water partition coefficient (Wildman–Crippen LogP) is 2.11. The number of likely N-dealkylation sites (tertiary alicyclic amines) is 1. The standard InChI is InChI=1S/C18H23N5O3.ClH/c1-13-20-17(23(25)26)12-21(13)8-7-18(24)22-10-15(9-19)16(11-22)14-5-3-2-4-6-14;/h2-6,12,15-16H,7-11,19H2,1H3;1H/t15-,16+;/m1./s1. The Morgan fingerprint density at radius 2 is 2.04 bits per heavy atom. The Balaban J connectivity index is 0.00000261. The van der Waals surface area contributed by atoms with Crippen molar-refractivity contribution >= 4 is 24.1 Å². The van der Waals surface area contributed by atoms with Crippen LogP contribution in [0.5, 0.6) is 0 Å². The minimum absolute atomic E-state index is 0. The monoisotopic (exact) mass is 393 g/mol. The Morgan fingerprint density at radius 1 is 1.33 bits per heavy atom. The van der Waals surface area contributed by atoms with Crippen LogP contribution in [0.1, 0.15) is 23.7 Å². The molecule has 0 unspecified atom stereocenters. The molecule has 1 aliphatic heterocycles. The van der Waals surface area contributed by atoms with Crippen molar-refractivity contribution in [3.63, 3.8) is 0 Å². The van der Waals surface area contributed by atoms with Gasteiger partial charge in [0.05, 0.1) is 0 Å². The summed E-state index contributed by atoms with van der Waals surface area (Å²) in [5.41, 5.74) is 7.13. The summed E-state index contributed by atoms with van der Waals surface area (Å²) in [6, 6.07) is 10.1. The van der Waals surface area contributed by atoms with E-state index in [2.05, 4.69) is 17.1 Å². The molecule has 146 valence electrons. The summed E-state index contributed by atoms with van der Waals surface area (Å²) in [5, 5.41) is 10.8. The summed E-state index contributed by atoms with van der Waals surface area (Å²) in [5.74, 6) is 0.882. The Morgan fingerprint density at radius 3 is 2.63 bits per heavy atom. The van der Waals surface area contributed by atoms with Gasteiger partial charge in [-0.05, 0) is 27.9 Å². The number of aryl methyl sites for hydroxylation is 2. The number of imidazole rings is 1. The first kappa shape index (κ1) is 20.9. The number of nitrogens with two attached hydrogens (primary N) is 1. The van der Waals surface area contributed by atoms with Gasteiger partial charge in [-0.25, -0.2) is 0 Å². The van der Waals surface area contributed by atoms with Gasteiger partial charge in [0, 0.05) is 38.9 Å². The van der Waals surface area contributed by atoms with Gasteiger partial charge < -0.3 is 25.3 Å². The van der Waals surface area contributed by atoms with Crippen LogP contribution >= 0.6 is 12.4 Å². The molecule has 2 N–H and O–H groups in total. The minimum atomic E-state index is -0.526. The average molecular weight is 394 g/mol. The summed E-state index contributed by atoms with van der Waals surface area (Å²) < 4.78 is 1.65. The molecule has 27 heavy (non-hydrogen) atoms. The van der Waals surface area contributed by atoms with Gasteiger partial charge in [0.2, 0.25) is 11.7 Å². The number of hydrogen-bond acceptors (Lipinski definition) is 5. The second-order valence-electron chi connectivity index (χ2n) is 6.66. The molecule has 1 fully saturated rings. The molecule has 2 heterocycles. The minimum Gasteiger partial charge on any atom is -0.358 e. The van der Waals surface area contributed by atoms with Crippen LogP contribution in [0.4, 0.5) is 5.82 Å². The second-order valence-corrected chi connectivity index (χ2v) is 6.66. The lowest BCUT2D eigenvalue weighted by Gasteiger charge is -2.17. The molecule has 1 aromatic carbocycles. The van der Waals surface area contributed by atoms with E-state index in [4.69, 9.17) is 5.73 Å². The van der Waals surface area contributed by atoms with Gasteiger partial charge in [-0.1, -0.05) is 30.3 Å². The number of aromatic nitrogens is 2. The van der Waals surface area contributed by atoms with Gasteiger partial charge in [-0.2, -0.15) is 0 Å². The second kappa shape index (κ2) is 8.96. The van der Waals surface area contributed by atoms with E-state index in [0.717, 1.165) is 0 Å². The van der Waals surface area contributed by atoms with Crippen LogP contribution in [0, 0.1) is 23.0 Å². The van der Waals surface area contributed by atoms with Gasteiger partial charge in [0.1, 0.15) is 6.20 Å². The highest BCUT2D eigenvalue weighted by molar-refractivity contribution is 5.85. The van der Waals surface area contributed by atoms with Gasteiger partial charge in [-0.3, -0.25) is 4.79 Å². The number of amides is 1. The Labute approximate surface area is 163 Å². The summed E-state index contributed by atoms with van der Waals surface area (Å²) in [4.78, 5) is 28.6. The molecule has 2 atom stereocenters. The fraction of sp³-hybridized carbons (Fsp3) is 0.444. The van der Waals surface area contributed by atoms with Crippen molar-refractivity contribution in [2.24, 2.45) is 11.7 Å². The molecule has 2 aromatic rings. The molecular weight excluding hydrogens is 370 g/mol. The molecule has 0 aliphatic carbocycles. The number of nitro groups is 1. The number of hydrogen-bond donors (Lipinski definition) is 1. The van der Waals surface area contributed by atoms with Crippen LogP contribution in [0.3, 0.4) is 0 Å². The lowest BCUT2D eigenvalue weighted by atomic mass is 9.89. The molecule has 8 nitrogen and oxygen atoms in total. The van der Waals surface area contributed by atoms with Crippen LogP contribution in [-0.4, -0.2) is 44.9 Å². The van der Waals surface area contributed by atoms with E-state index in [9.17, 15) is 14.9 Å². The Bertz CT molecular complexity index is 796. The zero-order valence-corrected chi connectivity index (χ0v) is 16.0.